The number of nitrogens with zero attached hydrogens (tertiary/aromatic N) is 3. The number of anilines is 1. The van der Waals surface area contributed by atoms with Crippen LogP contribution in [0.5, 0.6) is 0 Å². The van der Waals surface area contributed by atoms with Crippen LogP contribution in [0.4, 0.5) is 5.69 Å². The van der Waals surface area contributed by atoms with Crippen LogP contribution in [0.3, 0.4) is 0 Å². The van der Waals surface area contributed by atoms with Crippen molar-refractivity contribution in [1.29, 1.82) is 0 Å². The van der Waals surface area contributed by atoms with E-state index in [1.54, 1.807) is 11.8 Å². The summed E-state index contributed by atoms with van der Waals surface area (Å²) in [6.07, 6.45) is 4.54. The molecular formula is C22H24N4OS. The lowest BCUT2D eigenvalue weighted by Crippen LogP contribution is -2.22. The number of rotatable bonds is 5. The molecule has 144 valence electrons. The SMILES string of the molecule is C[C@H](Sc1ccccc1)C(=O)Nc1cccc(-c2nnc3n2CCCCC3)c1. The first-order valence-corrected chi connectivity index (χ1v) is 10.6. The number of hydrogen-bond donors (Lipinski definition) is 1. The van der Waals surface area contributed by atoms with E-state index in [0.29, 0.717) is 0 Å². The maximum absolute atomic E-state index is 12.6. The third kappa shape index (κ3) is 4.28. The number of nitrogens with one attached hydrogen (secondary N) is 1. The molecular weight excluding hydrogens is 368 g/mol. The van der Waals surface area contributed by atoms with Crippen molar-refractivity contribution >= 4 is 23.4 Å². The minimum atomic E-state index is -0.185. The van der Waals surface area contributed by atoms with Crippen molar-refractivity contribution in [3.63, 3.8) is 0 Å². The van der Waals surface area contributed by atoms with Crippen LogP contribution in [0.2, 0.25) is 0 Å². The molecule has 1 atom stereocenters. The molecule has 1 N–H and O–H groups in total. The van der Waals surface area contributed by atoms with E-state index in [1.165, 1.54) is 12.8 Å². The number of carbonyl (C=O) groups is 1. The minimum Gasteiger partial charge on any atom is -0.325 e. The summed E-state index contributed by atoms with van der Waals surface area (Å²) in [5.41, 5.74) is 1.77. The van der Waals surface area contributed by atoms with Gasteiger partial charge < -0.3 is 9.88 Å². The molecule has 0 radical (unpaired) electrons. The van der Waals surface area contributed by atoms with E-state index in [0.717, 1.165) is 47.2 Å². The lowest BCUT2D eigenvalue weighted by molar-refractivity contribution is -0.115. The van der Waals surface area contributed by atoms with E-state index in [9.17, 15) is 4.79 Å². The second-order valence-corrected chi connectivity index (χ2v) is 8.46. The summed E-state index contributed by atoms with van der Waals surface area (Å²) in [6.45, 7) is 2.88. The van der Waals surface area contributed by atoms with Gasteiger partial charge in [0.05, 0.1) is 5.25 Å². The van der Waals surface area contributed by atoms with Crippen molar-refractivity contribution in [3.8, 4) is 11.4 Å². The van der Waals surface area contributed by atoms with E-state index in [4.69, 9.17) is 0 Å². The Balaban J connectivity index is 1.48. The maximum atomic E-state index is 12.6. The van der Waals surface area contributed by atoms with Gasteiger partial charge in [-0.3, -0.25) is 4.79 Å². The molecule has 28 heavy (non-hydrogen) atoms. The predicted octanol–water partition coefficient (Wildman–Crippen LogP) is 4.79. The van der Waals surface area contributed by atoms with Gasteiger partial charge in [-0.15, -0.1) is 22.0 Å². The lowest BCUT2D eigenvalue weighted by atomic mass is 10.2. The van der Waals surface area contributed by atoms with Crippen LogP contribution in [0, 0.1) is 0 Å². The molecule has 1 amide bonds. The summed E-state index contributed by atoms with van der Waals surface area (Å²) in [7, 11) is 0. The van der Waals surface area contributed by atoms with E-state index in [-0.39, 0.29) is 11.2 Å². The zero-order chi connectivity index (χ0) is 19.3. The molecule has 5 nitrogen and oxygen atoms in total. The van der Waals surface area contributed by atoms with E-state index in [2.05, 4.69) is 20.1 Å². The highest BCUT2D eigenvalue weighted by Crippen LogP contribution is 2.27. The van der Waals surface area contributed by atoms with Crippen molar-refractivity contribution in [3.05, 3.63) is 60.4 Å². The Morgan fingerprint density at radius 1 is 1.07 bits per heavy atom. The fourth-order valence-corrected chi connectivity index (χ4v) is 4.32. The average Bonchev–Trinajstić information content (AvgIpc) is 2.97. The number of fused-ring (bicyclic) bond motifs is 1. The standard InChI is InChI=1S/C22H24N4OS/c1-16(28-19-11-4-2-5-12-19)22(27)23-18-10-8-9-17(15-18)21-25-24-20-13-6-3-7-14-26(20)21/h2,4-5,8-12,15-16H,3,6-7,13-14H2,1H3,(H,23,27)/t16-/m0/s1. The normalized spacial score (nSPS) is 14.8. The fraction of sp³-hybridized carbons (Fsp3) is 0.318. The molecule has 0 saturated heterocycles. The van der Waals surface area contributed by atoms with Crippen molar-refractivity contribution < 1.29 is 4.79 Å². The van der Waals surface area contributed by atoms with Gasteiger partial charge in [-0.1, -0.05) is 36.8 Å². The highest BCUT2D eigenvalue weighted by atomic mass is 32.2. The van der Waals surface area contributed by atoms with Crippen LogP contribution in [0.1, 0.15) is 32.0 Å². The number of aromatic nitrogens is 3. The third-order valence-electron chi connectivity index (χ3n) is 4.92. The molecule has 3 aromatic rings. The molecule has 4 rings (SSSR count). The Hall–Kier alpha value is -2.60. The summed E-state index contributed by atoms with van der Waals surface area (Å²) in [4.78, 5) is 13.7. The van der Waals surface area contributed by atoms with Crippen molar-refractivity contribution in [2.24, 2.45) is 0 Å². The van der Waals surface area contributed by atoms with E-state index < -0.39 is 0 Å². The molecule has 0 bridgehead atoms. The van der Waals surface area contributed by atoms with Crippen LogP contribution in [0.25, 0.3) is 11.4 Å². The molecule has 6 heteroatoms. The summed E-state index contributed by atoms with van der Waals surface area (Å²) in [5.74, 6) is 1.95. The number of benzene rings is 2. The number of hydrogen-bond acceptors (Lipinski definition) is 4. The first-order chi connectivity index (χ1) is 13.7. The molecule has 0 aliphatic carbocycles. The van der Waals surface area contributed by atoms with Gasteiger partial charge >= 0.3 is 0 Å². The van der Waals surface area contributed by atoms with Gasteiger partial charge in [-0.2, -0.15) is 0 Å². The molecule has 1 aliphatic rings. The highest BCUT2D eigenvalue weighted by molar-refractivity contribution is 8.00. The zero-order valence-electron chi connectivity index (χ0n) is 16.0. The second kappa shape index (κ2) is 8.61. The van der Waals surface area contributed by atoms with Crippen LogP contribution in [-0.2, 0) is 17.8 Å². The van der Waals surface area contributed by atoms with Gasteiger partial charge in [-0.25, -0.2) is 0 Å². The Morgan fingerprint density at radius 3 is 2.79 bits per heavy atom. The Morgan fingerprint density at radius 2 is 1.93 bits per heavy atom. The second-order valence-electron chi connectivity index (χ2n) is 7.05. The summed E-state index contributed by atoms with van der Waals surface area (Å²) < 4.78 is 2.22. The van der Waals surface area contributed by atoms with E-state index in [1.807, 2.05) is 61.5 Å². The molecule has 2 heterocycles. The van der Waals surface area contributed by atoms with Gasteiger partial charge in [0.25, 0.3) is 0 Å². The van der Waals surface area contributed by atoms with Crippen molar-refractivity contribution in [2.45, 2.75) is 49.3 Å². The van der Waals surface area contributed by atoms with Gasteiger partial charge in [0.1, 0.15) is 5.82 Å². The Bertz CT molecular complexity index is 954. The fourth-order valence-electron chi connectivity index (χ4n) is 3.44. The monoisotopic (exact) mass is 392 g/mol. The lowest BCUT2D eigenvalue weighted by Gasteiger charge is -2.13. The van der Waals surface area contributed by atoms with Crippen molar-refractivity contribution in [2.75, 3.05) is 5.32 Å². The third-order valence-corrected chi connectivity index (χ3v) is 6.04. The summed E-state index contributed by atoms with van der Waals surface area (Å²) in [6, 6.07) is 17.9. The minimum absolute atomic E-state index is 0.00826. The Kier molecular flexibility index (Phi) is 5.76. The number of amides is 1. The number of carbonyl (C=O) groups excluding carboxylic acids is 1. The quantitative estimate of drug-likeness (QED) is 0.634. The predicted molar refractivity (Wildman–Crippen MR) is 113 cm³/mol. The maximum Gasteiger partial charge on any atom is 0.237 e. The van der Waals surface area contributed by atoms with Gasteiger partial charge in [0.2, 0.25) is 5.91 Å². The van der Waals surface area contributed by atoms with Crippen LogP contribution >= 0.6 is 11.8 Å². The average molecular weight is 393 g/mol. The molecule has 1 aromatic heterocycles. The van der Waals surface area contributed by atoms with E-state index >= 15 is 0 Å². The molecule has 0 fully saturated rings. The molecule has 0 saturated carbocycles. The largest absolute Gasteiger partial charge is 0.325 e. The smallest absolute Gasteiger partial charge is 0.237 e. The summed E-state index contributed by atoms with van der Waals surface area (Å²) >= 11 is 1.56. The van der Waals surface area contributed by atoms with Crippen LogP contribution in [-0.4, -0.2) is 25.9 Å². The topological polar surface area (TPSA) is 59.8 Å². The molecule has 2 aromatic carbocycles. The molecule has 0 spiro atoms. The van der Waals surface area contributed by atoms with Gasteiger partial charge in [0, 0.05) is 29.1 Å². The zero-order valence-corrected chi connectivity index (χ0v) is 16.8. The van der Waals surface area contributed by atoms with Gasteiger partial charge in [0.15, 0.2) is 5.82 Å². The van der Waals surface area contributed by atoms with Crippen LogP contribution in [0.15, 0.2) is 59.5 Å². The molecule has 0 unspecified atom stereocenters. The van der Waals surface area contributed by atoms with Crippen LogP contribution < -0.4 is 5.32 Å². The highest BCUT2D eigenvalue weighted by Gasteiger charge is 2.18. The van der Waals surface area contributed by atoms with Gasteiger partial charge in [-0.05, 0) is 44.0 Å². The van der Waals surface area contributed by atoms with Crippen molar-refractivity contribution in [1.82, 2.24) is 14.8 Å². The molecule has 1 aliphatic heterocycles. The Labute approximate surface area is 169 Å². The summed E-state index contributed by atoms with van der Waals surface area (Å²) in [5, 5.41) is 11.7. The number of thioether (sulfide) groups is 1. The first-order valence-electron chi connectivity index (χ1n) is 9.76. The first kappa shape index (κ1) is 18.7. The number of aryl methyl sites for hydroxylation is 1.